The molecule has 124 valence electrons. The Morgan fingerprint density at radius 2 is 1.62 bits per heavy atom. The first-order valence-corrected chi connectivity index (χ1v) is 9.32. The van der Waals surface area contributed by atoms with Crippen molar-refractivity contribution in [3.05, 3.63) is 54.3 Å². The lowest BCUT2D eigenvalue weighted by Gasteiger charge is -2.04. The lowest BCUT2D eigenvalue weighted by molar-refractivity contribution is 0.598. The van der Waals surface area contributed by atoms with Gasteiger partial charge in [-0.25, -0.2) is 22.9 Å². The molecule has 8 heteroatoms. The molecule has 24 heavy (non-hydrogen) atoms. The van der Waals surface area contributed by atoms with Crippen molar-refractivity contribution in [2.75, 3.05) is 12.4 Å². The molecule has 5 nitrogen and oxygen atoms in total. The number of thiazole rings is 1. The van der Waals surface area contributed by atoms with E-state index in [1.807, 2.05) is 0 Å². The summed E-state index contributed by atoms with van der Waals surface area (Å²) in [7, 11) is -1.97. The Hall–Kier alpha value is -2.29. The fourth-order valence-electron chi connectivity index (χ4n) is 2.22. The fourth-order valence-corrected chi connectivity index (χ4v) is 3.68. The Labute approximate surface area is 143 Å². The van der Waals surface area contributed by atoms with Gasteiger partial charge in [0.1, 0.15) is 5.82 Å². The summed E-state index contributed by atoms with van der Waals surface area (Å²) in [4.78, 5) is 5.42. The highest BCUT2D eigenvalue weighted by Crippen LogP contribution is 2.39. The molecule has 3 N–H and O–H groups in total. The van der Waals surface area contributed by atoms with Crippen LogP contribution < -0.4 is 10.5 Å². The molecule has 0 bridgehead atoms. The van der Waals surface area contributed by atoms with E-state index in [0.717, 1.165) is 16.0 Å². The lowest BCUT2D eigenvalue weighted by atomic mass is 10.1. The second-order valence-electron chi connectivity index (χ2n) is 5.02. The fraction of sp³-hybridized carbons (Fsp3) is 0.0625. The number of benzene rings is 2. The van der Waals surface area contributed by atoms with Crippen LogP contribution >= 0.6 is 11.3 Å². The van der Waals surface area contributed by atoms with E-state index in [1.165, 1.54) is 35.6 Å². The molecule has 0 fully saturated rings. The van der Waals surface area contributed by atoms with Crippen LogP contribution in [0.4, 0.5) is 9.52 Å². The molecule has 0 saturated heterocycles. The number of nitrogens with zero attached hydrogens (tertiary/aromatic N) is 1. The normalized spacial score (nSPS) is 11.5. The average Bonchev–Trinajstić information content (AvgIpc) is 2.99. The minimum absolute atomic E-state index is 0.0490. The summed E-state index contributed by atoms with van der Waals surface area (Å²) in [6.07, 6.45) is 0. The van der Waals surface area contributed by atoms with Gasteiger partial charge in [0, 0.05) is 12.6 Å². The van der Waals surface area contributed by atoms with E-state index < -0.39 is 10.0 Å². The number of anilines is 1. The second kappa shape index (κ2) is 6.31. The molecule has 0 spiro atoms. The van der Waals surface area contributed by atoms with Crippen molar-refractivity contribution in [2.24, 2.45) is 5.14 Å². The van der Waals surface area contributed by atoms with Gasteiger partial charge >= 0.3 is 0 Å². The smallest absolute Gasteiger partial charge is 0.238 e. The average molecular weight is 363 g/mol. The van der Waals surface area contributed by atoms with Crippen LogP contribution in [0.2, 0.25) is 0 Å². The Kier molecular flexibility index (Phi) is 4.35. The monoisotopic (exact) mass is 363 g/mol. The number of primary sulfonamides is 1. The molecule has 0 aliphatic heterocycles. The summed E-state index contributed by atoms with van der Waals surface area (Å²) in [5.74, 6) is -0.318. The van der Waals surface area contributed by atoms with Crippen molar-refractivity contribution in [1.82, 2.24) is 4.98 Å². The van der Waals surface area contributed by atoms with Gasteiger partial charge in [0.15, 0.2) is 5.13 Å². The summed E-state index contributed by atoms with van der Waals surface area (Å²) in [5, 5.41) is 8.82. The summed E-state index contributed by atoms with van der Waals surface area (Å²) >= 11 is 1.43. The van der Waals surface area contributed by atoms with Crippen LogP contribution in [0.5, 0.6) is 0 Å². The third-order valence-electron chi connectivity index (χ3n) is 3.40. The predicted molar refractivity (Wildman–Crippen MR) is 93.9 cm³/mol. The van der Waals surface area contributed by atoms with Crippen molar-refractivity contribution in [3.8, 4) is 21.7 Å². The number of hydrogen-bond acceptors (Lipinski definition) is 5. The number of halogens is 1. The zero-order valence-electron chi connectivity index (χ0n) is 12.7. The van der Waals surface area contributed by atoms with E-state index in [9.17, 15) is 12.8 Å². The number of aromatic nitrogens is 1. The zero-order valence-corrected chi connectivity index (χ0v) is 14.3. The maximum absolute atomic E-state index is 13.2. The van der Waals surface area contributed by atoms with Crippen LogP contribution in [0, 0.1) is 5.82 Å². The SMILES string of the molecule is CNc1nc(-c2ccc(F)cc2)c(-c2ccc(S(N)(=O)=O)cc2)s1. The Bertz CT molecular complexity index is 966. The number of nitrogens with two attached hydrogens (primary N) is 1. The van der Waals surface area contributed by atoms with Crippen LogP contribution in [0.15, 0.2) is 53.4 Å². The first-order chi connectivity index (χ1) is 11.4. The van der Waals surface area contributed by atoms with E-state index in [4.69, 9.17) is 5.14 Å². The van der Waals surface area contributed by atoms with E-state index in [1.54, 1.807) is 31.3 Å². The van der Waals surface area contributed by atoms with Gasteiger partial charge in [0.05, 0.1) is 15.5 Å². The van der Waals surface area contributed by atoms with Crippen LogP contribution in [0.3, 0.4) is 0 Å². The summed E-state index contributed by atoms with van der Waals surface area (Å²) in [5.41, 5.74) is 2.29. The van der Waals surface area contributed by atoms with Crippen LogP contribution in [-0.4, -0.2) is 20.4 Å². The minimum Gasteiger partial charge on any atom is -0.365 e. The Balaban J connectivity index is 2.10. The standard InChI is InChI=1S/C16H14FN3O2S2/c1-19-16-20-14(10-2-6-12(17)7-3-10)15(23-16)11-4-8-13(9-5-11)24(18,21)22/h2-9H,1H3,(H,19,20)(H2,18,21,22). The summed E-state index contributed by atoms with van der Waals surface area (Å²) in [6, 6.07) is 12.3. The van der Waals surface area contributed by atoms with Gasteiger partial charge in [0.2, 0.25) is 10.0 Å². The highest BCUT2D eigenvalue weighted by atomic mass is 32.2. The maximum Gasteiger partial charge on any atom is 0.238 e. The van der Waals surface area contributed by atoms with Gasteiger partial charge in [0.25, 0.3) is 0 Å². The topological polar surface area (TPSA) is 85.1 Å². The maximum atomic E-state index is 13.2. The van der Waals surface area contributed by atoms with Crippen LogP contribution in [0.1, 0.15) is 0 Å². The first-order valence-electron chi connectivity index (χ1n) is 6.96. The second-order valence-corrected chi connectivity index (χ2v) is 7.58. The molecule has 1 heterocycles. The summed E-state index contributed by atoms with van der Waals surface area (Å²) in [6.45, 7) is 0. The number of nitrogens with one attached hydrogen (secondary N) is 1. The first kappa shape index (κ1) is 16.6. The number of hydrogen-bond donors (Lipinski definition) is 2. The van der Waals surface area contributed by atoms with Gasteiger partial charge in [-0.2, -0.15) is 0 Å². The number of rotatable bonds is 4. The quantitative estimate of drug-likeness (QED) is 0.745. The molecule has 2 aromatic carbocycles. The predicted octanol–water partition coefficient (Wildman–Crippen LogP) is 3.31. The van der Waals surface area contributed by atoms with E-state index >= 15 is 0 Å². The molecule has 0 atom stereocenters. The Morgan fingerprint density at radius 1 is 1.04 bits per heavy atom. The van der Waals surface area contributed by atoms with Gasteiger partial charge < -0.3 is 5.32 Å². The van der Waals surface area contributed by atoms with Gasteiger partial charge in [-0.15, -0.1) is 0 Å². The molecule has 3 rings (SSSR count). The van der Waals surface area contributed by atoms with Crippen molar-refractivity contribution in [1.29, 1.82) is 0 Å². The highest BCUT2D eigenvalue weighted by molar-refractivity contribution is 7.89. The molecular weight excluding hydrogens is 349 g/mol. The lowest BCUT2D eigenvalue weighted by Crippen LogP contribution is -2.11. The van der Waals surface area contributed by atoms with Gasteiger partial charge in [-0.1, -0.05) is 23.5 Å². The molecule has 3 aromatic rings. The van der Waals surface area contributed by atoms with Crippen molar-refractivity contribution >= 4 is 26.5 Å². The molecule has 0 amide bonds. The molecule has 0 unspecified atom stereocenters. The molecule has 0 radical (unpaired) electrons. The van der Waals surface area contributed by atoms with E-state index in [-0.39, 0.29) is 10.7 Å². The molecule has 0 aliphatic rings. The van der Waals surface area contributed by atoms with Crippen molar-refractivity contribution in [2.45, 2.75) is 4.90 Å². The third-order valence-corrected chi connectivity index (χ3v) is 5.45. The zero-order chi connectivity index (χ0) is 17.3. The molecule has 1 aromatic heterocycles. The Morgan fingerprint density at radius 3 is 2.17 bits per heavy atom. The number of sulfonamides is 1. The van der Waals surface area contributed by atoms with Crippen LogP contribution in [0.25, 0.3) is 21.7 Å². The van der Waals surface area contributed by atoms with Gasteiger partial charge in [-0.3, -0.25) is 0 Å². The highest BCUT2D eigenvalue weighted by Gasteiger charge is 2.16. The molecular formula is C16H14FN3O2S2. The summed E-state index contributed by atoms with van der Waals surface area (Å²) < 4.78 is 35.9. The van der Waals surface area contributed by atoms with Crippen molar-refractivity contribution < 1.29 is 12.8 Å². The van der Waals surface area contributed by atoms with Crippen molar-refractivity contribution in [3.63, 3.8) is 0 Å². The van der Waals surface area contributed by atoms with E-state index in [2.05, 4.69) is 10.3 Å². The minimum atomic E-state index is -3.73. The molecule has 0 aliphatic carbocycles. The molecule has 0 saturated carbocycles. The largest absolute Gasteiger partial charge is 0.365 e. The third kappa shape index (κ3) is 3.30. The van der Waals surface area contributed by atoms with E-state index in [0.29, 0.717) is 10.8 Å². The van der Waals surface area contributed by atoms with Gasteiger partial charge in [-0.05, 0) is 42.0 Å². The van der Waals surface area contributed by atoms with Crippen LogP contribution in [-0.2, 0) is 10.0 Å².